The van der Waals surface area contributed by atoms with Gasteiger partial charge in [-0.1, -0.05) is 32.0 Å². The van der Waals surface area contributed by atoms with Crippen LogP contribution in [0.1, 0.15) is 39.3 Å². The molecule has 1 aromatic carbocycles. The minimum Gasteiger partial charge on any atom is -0.297 e. The molecule has 102 valence electrons. The minimum absolute atomic E-state index is 0.222. The molecule has 1 unspecified atom stereocenters. The van der Waals surface area contributed by atoms with Gasteiger partial charge in [-0.25, -0.2) is 4.39 Å². The highest BCUT2D eigenvalue weighted by molar-refractivity contribution is 5.24. The fourth-order valence-electron chi connectivity index (χ4n) is 2.60. The van der Waals surface area contributed by atoms with Gasteiger partial charge in [-0.3, -0.25) is 16.2 Å². The third kappa shape index (κ3) is 2.88. The van der Waals surface area contributed by atoms with Gasteiger partial charge >= 0.3 is 0 Å². The Morgan fingerprint density at radius 3 is 2.28 bits per heavy atom. The van der Waals surface area contributed by atoms with Gasteiger partial charge in [0.15, 0.2) is 0 Å². The first kappa shape index (κ1) is 15.1. The Morgan fingerprint density at radius 2 is 1.83 bits per heavy atom. The maximum atomic E-state index is 13.9. The highest BCUT2D eigenvalue weighted by Gasteiger charge is 2.35. The Morgan fingerprint density at radius 1 is 1.28 bits per heavy atom. The first-order valence-corrected chi connectivity index (χ1v) is 6.44. The van der Waals surface area contributed by atoms with E-state index in [1.54, 1.807) is 12.1 Å². The van der Waals surface area contributed by atoms with Crippen molar-refractivity contribution >= 4 is 0 Å². The number of likely N-dealkylation sites (N-methyl/N-ethyl adjacent to an activating group) is 1. The average molecular weight is 253 g/mol. The van der Waals surface area contributed by atoms with Crippen LogP contribution >= 0.6 is 0 Å². The molecule has 0 aliphatic carbocycles. The molecule has 3 nitrogen and oxygen atoms in total. The second-order valence-corrected chi connectivity index (χ2v) is 4.95. The third-order valence-electron chi connectivity index (χ3n) is 3.67. The molecule has 1 rings (SSSR count). The number of nitrogens with two attached hydrogens (primary N) is 1. The largest absolute Gasteiger partial charge is 0.297 e. The SMILES string of the molecule is CCN(CC)C(C)(C)C(NN)c1ccccc1F. The van der Waals surface area contributed by atoms with E-state index < -0.39 is 0 Å². The standard InChI is InChI=1S/C14H24FN3/c1-5-18(6-2)14(3,4)13(17-16)11-9-7-8-10-12(11)15/h7-10,13,17H,5-6,16H2,1-4H3. The van der Waals surface area contributed by atoms with Crippen LogP contribution in [-0.4, -0.2) is 23.5 Å². The van der Waals surface area contributed by atoms with Crippen LogP contribution in [0.5, 0.6) is 0 Å². The Bertz CT molecular complexity index is 375. The summed E-state index contributed by atoms with van der Waals surface area (Å²) in [6, 6.07) is 6.53. The molecule has 0 spiro atoms. The van der Waals surface area contributed by atoms with Crippen molar-refractivity contribution in [3.63, 3.8) is 0 Å². The van der Waals surface area contributed by atoms with Gasteiger partial charge in [0.05, 0.1) is 6.04 Å². The van der Waals surface area contributed by atoms with Gasteiger partial charge in [0.25, 0.3) is 0 Å². The Hall–Kier alpha value is -0.970. The van der Waals surface area contributed by atoms with E-state index in [1.807, 2.05) is 6.07 Å². The van der Waals surface area contributed by atoms with Gasteiger partial charge in [-0.05, 0) is 33.0 Å². The number of benzene rings is 1. The van der Waals surface area contributed by atoms with E-state index in [9.17, 15) is 4.39 Å². The molecule has 0 aliphatic rings. The van der Waals surface area contributed by atoms with Crippen molar-refractivity contribution in [2.75, 3.05) is 13.1 Å². The monoisotopic (exact) mass is 253 g/mol. The second kappa shape index (κ2) is 6.27. The summed E-state index contributed by atoms with van der Waals surface area (Å²) in [6.07, 6.45) is 0. The molecule has 0 radical (unpaired) electrons. The molecule has 0 saturated carbocycles. The van der Waals surface area contributed by atoms with Gasteiger partial charge in [0.2, 0.25) is 0 Å². The smallest absolute Gasteiger partial charge is 0.128 e. The zero-order valence-corrected chi connectivity index (χ0v) is 11.7. The first-order chi connectivity index (χ1) is 8.48. The Kier molecular flexibility index (Phi) is 5.26. The van der Waals surface area contributed by atoms with Crippen LogP contribution in [0.25, 0.3) is 0 Å². The maximum Gasteiger partial charge on any atom is 0.128 e. The van der Waals surface area contributed by atoms with E-state index in [0.29, 0.717) is 5.56 Å². The third-order valence-corrected chi connectivity index (χ3v) is 3.67. The van der Waals surface area contributed by atoms with Gasteiger partial charge < -0.3 is 0 Å². The average Bonchev–Trinajstić information content (AvgIpc) is 2.33. The highest BCUT2D eigenvalue weighted by Crippen LogP contribution is 2.31. The van der Waals surface area contributed by atoms with Crippen molar-refractivity contribution in [3.8, 4) is 0 Å². The van der Waals surface area contributed by atoms with Crippen molar-refractivity contribution in [1.29, 1.82) is 0 Å². The van der Waals surface area contributed by atoms with E-state index in [2.05, 4.69) is 38.0 Å². The predicted octanol–water partition coefficient (Wildman–Crippen LogP) is 2.45. The van der Waals surface area contributed by atoms with Crippen molar-refractivity contribution in [3.05, 3.63) is 35.6 Å². The molecule has 0 amide bonds. The molecule has 0 bridgehead atoms. The lowest BCUT2D eigenvalue weighted by atomic mass is 9.87. The fraction of sp³-hybridized carbons (Fsp3) is 0.571. The molecule has 1 aromatic rings. The van der Waals surface area contributed by atoms with E-state index in [0.717, 1.165) is 13.1 Å². The summed E-state index contributed by atoms with van der Waals surface area (Å²) >= 11 is 0. The summed E-state index contributed by atoms with van der Waals surface area (Å²) < 4.78 is 13.9. The van der Waals surface area contributed by atoms with Crippen molar-refractivity contribution in [2.45, 2.75) is 39.3 Å². The van der Waals surface area contributed by atoms with E-state index in [1.165, 1.54) is 6.07 Å². The summed E-state index contributed by atoms with van der Waals surface area (Å²) in [7, 11) is 0. The molecule has 0 aliphatic heterocycles. The maximum absolute atomic E-state index is 13.9. The number of halogens is 1. The molecule has 0 aromatic heterocycles. The fourth-order valence-corrected chi connectivity index (χ4v) is 2.60. The number of hydrogen-bond donors (Lipinski definition) is 2. The lowest BCUT2D eigenvalue weighted by Crippen LogP contribution is -2.54. The van der Waals surface area contributed by atoms with Crippen molar-refractivity contribution < 1.29 is 4.39 Å². The summed E-state index contributed by atoms with van der Waals surface area (Å²) in [5, 5.41) is 0. The zero-order chi connectivity index (χ0) is 13.8. The normalized spacial score (nSPS) is 13.9. The van der Waals surface area contributed by atoms with E-state index in [4.69, 9.17) is 5.84 Å². The van der Waals surface area contributed by atoms with Gasteiger partial charge in [0.1, 0.15) is 5.82 Å². The Balaban J connectivity index is 3.13. The topological polar surface area (TPSA) is 41.3 Å². The summed E-state index contributed by atoms with van der Waals surface area (Å²) in [6.45, 7) is 10.2. The molecule has 4 heteroatoms. The van der Waals surface area contributed by atoms with Crippen LogP contribution in [0.2, 0.25) is 0 Å². The number of nitrogens with zero attached hydrogens (tertiary/aromatic N) is 1. The number of nitrogens with one attached hydrogen (secondary N) is 1. The van der Waals surface area contributed by atoms with E-state index in [-0.39, 0.29) is 17.4 Å². The lowest BCUT2D eigenvalue weighted by molar-refractivity contribution is 0.0897. The quantitative estimate of drug-likeness (QED) is 0.604. The molecule has 0 fully saturated rings. The molecular weight excluding hydrogens is 229 g/mol. The van der Waals surface area contributed by atoms with Crippen LogP contribution in [-0.2, 0) is 0 Å². The van der Waals surface area contributed by atoms with Crippen LogP contribution < -0.4 is 11.3 Å². The van der Waals surface area contributed by atoms with Crippen LogP contribution in [0.15, 0.2) is 24.3 Å². The predicted molar refractivity (Wildman–Crippen MR) is 73.5 cm³/mol. The molecule has 18 heavy (non-hydrogen) atoms. The summed E-state index contributed by atoms with van der Waals surface area (Å²) in [5.74, 6) is 5.44. The highest BCUT2D eigenvalue weighted by atomic mass is 19.1. The van der Waals surface area contributed by atoms with Gasteiger partial charge in [-0.15, -0.1) is 0 Å². The summed E-state index contributed by atoms with van der Waals surface area (Å²) in [5.41, 5.74) is 3.11. The molecular formula is C14H24FN3. The number of hydrazine groups is 1. The van der Waals surface area contributed by atoms with Crippen LogP contribution in [0.3, 0.4) is 0 Å². The number of rotatable bonds is 6. The molecule has 0 saturated heterocycles. The first-order valence-electron chi connectivity index (χ1n) is 6.44. The Labute approximate surface area is 109 Å². The van der Waals surface area contributed by atoms with Crippen LogP contribution in [0, 0.1) is 5.82 Å². The molecule has 3 N–H and O–H groups in total. The van der Waals surface area contributed by atoms with Crippen molar-refractivity contribution in [2.24, 2.45) is 5.84 Å². The second-order valence-electron chi connectivity index (χ2n) is 4.95. The molecule has 0 heterocycles. The lowest BCUT2D eigenvalue weighted by Gasteiger charge is -2.43. The molecule has 1 atom stereocenters. The van der Waals surface area contributed by atoms with Gasteiger partial charge in [-0.2, -0.15) is 0 Å². The minimum atomic E-state index is -0.263. The van der Waals surface area contributed by atoms with E-state index >= 15 is 0 Å². The van der Waals surface area contributed by atoms with Crippen LogP contribution in [0.4, 0.5) is 4.39 Å². The summed E-state index contributed by atoms with van der Waals surface area (Å²) in [4.78, 5) is 2.27. The number of hydrogen-bond acceptors (Lipinski definition) is 3. The zero-order valence-electron chi connectivity index (χ0n) is 11.7. The van der Waals surface area contributed by atoms with Crippen molar-refractivity contribution in [1.82, 2.24) is 10.3 Å². The van der Waals surface area contributed by atoms with Gasteiger partial charge in [0, 0.05) is 11.1 Å².